The van der Waals surface area contributed by atoms with E-state index in [9.17, 15) is 4.79 Å². The van der Waals surface area contributed by atoms with Crippen molar-refractivity contribution in [3.8, 4) is 0 Å². The predicted molar refractivity (Wildman–Crippen MR) is 110 cm³/mol. The van der Waals surface area contributed by atoms with Crippen molar-refractivity contribution in [3.63, 3.8) is 0 Å². The lowest BCUT2D eigenvalue weighted by atomic mass is 10.1. The molecule has 0 atom stereocenters. The van der Waals surface area contributed by atoms with Crippen LogP contribution in [0.5, 0.6) is 0 Å². The van der Waals surface area contributed by atoms with E-state index in [0.29, 0.717) is 18.2 Å². The minimum atomic E-state index is -0.164. The second kappa shape index (κ2) is 8.37. The van der Waals surface area contributed by atoms with Crippen LogP contribution >= 0.6 is 0 Å². The van der Waals surface area contributed by atoms with Gasteiger partial charge in [0, 0.05) is 38.4 Å². The topological polar surface area (TPSA) is 61.4 Å². The zero-order valence-electron chi connectivity index (χ0n) is 16.7. The summed E-state index contributed by atoms with van der Waals surface area (Å²) in [6, 6.07) is 6.48. The molecular weight excluding hydrogens is 338 g/mol. The van der Waals surface area contributed by atoms with Gasteiger partial charge in [0.25, 0.3) is 5.91 Å². The van der Waals surface area contributed by atoms with E-state index in [1.165, 1.54) is 16.8 Å². The number of nitrogens with one attached hydrogen (secondary N) is 1. The molecule has 1 aliphatic heterocycles. The largest absolute Gasteiger partial charge is 0.368 e. The van der Waals surface area contributed by atoms with Crippen LogP contribution in [0.25, 0.3) is 0 Å². The molecule has 0 saturated carbocycles. The summed E-state index contributed by atoms with van der Waals surface area (Å²) in [6.07, 6.45) is 3.28. The maximum atomic E-state index is 12.1. The molecule has 144 valence electrons. The van der Waals surface area contributed by atoms with E-state index in [4.69, 9.17) is 0 Å². The van der Waals surface area contributed by atoms with Crippen LogP contribution in [0.15, 0.2) is 30.6 Å². The molecule has 1 amide bonds. The molecule has 0 unspecified atom stereocenters. The van der Waals surface area contributed by atoms with Gasteiger partial charge in [-0.25, -0.2) is 9.97 Å². The van der Waals surface area contributed by atoms with Gasteiger partial charge in [-0.1, -0.05) is 26.0 Å². The first-order chi connectivity index (χ1) is 13.0. The van der Waals surface area contributed by atoms with E-state index in [0.717, 1.165) is 32.0 Å². The summed E-state index contributed by atoms with van der Waals surface area (Å²) in [5.74, 6) is 1.08. The van der Waals surface area contributed by atoms with Crippen LogP contribution in [-0.2, 0) is 0 Å². The van der Waals surface area contributed by atoms with Gasteiger partial charge >= 0.3 is 0 Å². The van der Waals surface area contributed by atoms with Crippen LogP contribution in [0.2, 0.25) is 0 Å². The number of benzene rings is 1. The fourth-order valence-electron chi connectivity index (χ4n) is 3.24. The van der Waals surface area contributed by atoms with Gasteiger partial charge in [-0.2, -0.15) is 0 Å². The van der Waals surface area contributed by atoms with E-state index in [1.54, 1.807) is 12.4 Å². The molecule has 3 rings (SSSR count). The number of amides is 1. The number of hydrogen-bond acceptors (Lipinski definition) is 5. The predicted octanol–water partition coefficient (Wildman–Crippen LogP) is 2.81. The number of carbonyl (C=O) groups is 1. The highest BCUT2D eigenvalue weighted by molar-refractivity contribution is 5.92. The third-order valence-corrected chi connectivity index (χ3v) is 5.06. The van der Waals surface area contributed by atoms with Gasteiger partial charge in [0.2, 0.25) is 0 Å². The average Bonchev–Trinajstić information content (AvgIpc) is 2.68. The fraction of sp³-hybridized carbons (Fsp3) is 0.476. The summed E-state index contributed by atoms with van der Waals surface area (Å²) < 4.78 is 0. The molecule has 0 aliphatic carbocycles. The highest BCUT2D eigenvalue weighted by Gasteiger charge is 2.20. The van der Waals surface area contributed by atoms with Crippen molar-refractivity contribution in [1.82, 2.24) is 15.3 Å². The smallest absolute Gasteiger partial charge is 0.271 e. The lowest BCUT2D eigenvalue weighted by Crippen LogP contribution is -2.47. The van der Waals surface area contributed by atoms with Crippen LogP contribution < -0.4 is 15.1 Å². The van der Waals surface area contributed by atoms with E-state index in [-0.39, 0.29) is 5.91 Å². The molecule has 1 N–H and O–H groups in total. The number of anilines is 2. The fourth-order valence-corrected chi connectivity index (χ4v) is 3.24. The third-order valence-electron chi connectivity index (χ3n) is 5.06. The van der Waals surface area contributed by atoms with Crippen molar-refractivity contribution >= 4 is 17.4 Å². The standard InChI is InChI=1S/C21H29N5O/c1-15(2)12-24-21(27)18-13-23-20(14-22-18)26-10-8-25(9-11-26)19-7-5-6-16(3)17(19)4/h5-7,13-15H,8-12H2,1-4H3,(H,24,27). The quantitative estimate of drug-likeness (QED) is 0.880. The van der Waals surface area contributed by atoms with Gasteiger partial charge in [0.15, 0.2) is 0 Å². The summed E-state index contributed by atoms with van der Waals surface area (Å²) in [5.41, 5.74) is 4.36. The highest BCUT2D eigenvalue weighted by Crippen LogP contribution is 2.24. The van der Waals surface area contributed by atoms with Crippen LogP contribution in [0.1, 0.15) is 35.5 Å². The maximum absolute atomic E-state index is 12.1. The van der Waals surface area contributed by atoms with Gasteiger partial charge < -0.3 is 15.1 Å². The molecule has 1 fully saturated rings. The Hall–Kier alpha value is -2.63. The molecular formula is C21H29N5O. The van der Waals surface area contributed by atoms with Gasteiger partial charge in [-0.15, -0.1) is 0 Å². The van der Waals surface area contributed by atoms with Crippen LogP contribution in [0, 0.1) is 19.8 Å². The number of aryl methyl sites for hydroxylation is 1. The Morgan fingerprint density at radius 2 is 1.78 bits per heavy atom. The number of nitrogens with zero attached hydrogens (tertiary/aromatic N) is 4. The summed E-state index contributed by atoms with van der Waals surface area (Å²) in [5, 5.41) is 2.87. The molecule has 6 heteroatoms. The van der Waals surface area contributed by atoms with E-state index >= 15 is 0 Å². The number of hydrogen-bond donors (Lipinski definition) is 1. The van der Waals surface area contributed by atoms with Gasteiger partial charge in [0.1, 0.15) is 11.5 Å². The number of carbonyl (C=O) groups excluding carboxylic acids is 1. The molecule has 0 radical (unpaired) electrons. The summed E-state index contributed by atoms with van der Waals surface area (Å²) >= 11 is 0. The molecule has 1 aliphatic rings. The second-order valence-corrected chi connectivity index (χ2v) is 7.56. The van der Waals surface area contributed by atoms with Crippen molar-refractivity contribution < 1.29 is 4.79 Å². The van der Waals surface area contributed by atoms with E-state index in [1.807, 2.05) is 0 Å². The molecule has 2 heterocycles. The SMILES string of the molecule is Cc1cccc(N2CCN(c3cnc(C(=O)NCC(C)C)cn3)CC2)c1C. The first-order valence-corrected chi connectivity index (χ1v) is 9.62. The number of aromatic nitrogens is 2. The molecule has 2 aromatic rings. The van der Waals surface area contributed by atoms with Crippen LogP contribution in [-0.4, -0.2) is 48.6 Å². The Balaban J connectivity index is 1.59. The molecule has 0 bridgehead atoms. The van der Waals surface area contributed by atoms with E-state index in [2.05, 4.69) is 71.0 Å². The van der Waals surface area contributed by atoms with Crippen molar-refractivity contribution in [2.75, 3.05) is 42.5 Å². The van der Waals surface area contributed by atoms with Gasteiger partial charge in [0.05, 0.1) is 12.4 Å². The molecule has 6 nitrogen and oxygen atoms in total. The van der Waals surface area contributed by atoms with Crippen molar-refractivity contribution in [2.24, 2.45) is 5.92 Å². The average molecular weight is 367 g/mol. The maximum Gasteiger partial charge on any atom is 0.271 e. The summed E-state index contributed by atoms with van der Waals surface area (Å²) in [6.45, 7) is 12.8. The Labute approximate surface area is 161 Å². The lowest BCUT2D eigenvalue weighted by molar-refractivity contribution is 0.0943. The van der Waals surface area contributed by atoms with Crippen molar-refractivity contribution in [2.45, 2.75) is 27.7 Å². The minimum Gasteiger partial charge on any atom is -0.368 e. The Morgan fingerprint density at radius 1 is 1.07 bits per heavy atom. The highest BCUT2D eigenvalue weighted by atomic mass is 16.1. The first-order valence-electron chi connectivity index (χ1n) is 9.62. The zero-order chi connectivity index (χ0) is 19.4. The van der Waals surface area contributed by atoms with Gasteiger partial charge in [-0.05, 0) is 37.0 Å². The molecule has 1 aromatic carbocycles. The normalized spacial score (nSPS) is 14.6. The monoisotopic (exact) mass is 367 g/mol. The Bertz CT molecular complexity index is 780. The third kappa shape index (κ3) is 4.56. The number of rotatable bonds is 5. The molecule has 1 aromatic heterocycles. The zero-order valence-corrected chi connectivity index (χ0v) is 16.7. The molecule has 1 saturated heterocycles. The van der Waals surface area contributed by atoms with Gasteiger partial charge in [-0.3, -0.25) is 4.79 Å². The van der Waals surface area contributed by atoms with Crippen molar-refractivity contribution in [3.05, 3.63) is 47.4 Å². The minimum absolute atomic E-state index is 0.164. The molecule has 27 heavy (non-hydrogen) atoms. The second-order valence-electron chi connectivity index (χ2n) is 7.56. The Kier molecular flexibility index (Phi) is 5.94. The first kappa shape index (κ1) is 19.1. The Morgan fingerprint density at radius 3 is 2.41 bits per heavy atom. The molecule has 0 spiro atoms. The van der Waals surface area contributed by atoms with E-state index < -0.39 is 0 Å². The van der Waals surface area contributed by atoms with Crippen LogP contribution in [0.4, 0.5) is 11.5 Å². The summed E-state index contributed by atoms with van der Waals surface area (Å²) in [4.78, 5) is 25.5. The van der Waals surface area contributed by atoms with Crippen LogP contribution in [0.3, 0.4) is 0 Å². The van der Waals surface area contributed by atoms with Crippen molar-refractivity contribution in [1.29, 1.82) is 0 Å². The number of piperazine rings is 1. The lowest BCUT2D eigenvalue weighted by Gasteiger charge is -2.37. The summed E-state index contributed by atoms with van der Waals surface area (Å²) in [7, 11) is 0.